The van der Waals surface area contributed by atoms with Crippen molar-refractivity contribution < 1.29 is 8.81 Å². The average molecular weight is 259 g/mol. The highest BCUT2D eigenvalue weighted by Gasteiger charge is 2.18. The maximum Gasteiger partial charge on any atom is 0.201 e. The fourth-order valence-corrected chi connectivity index (χ4v) is 2.30. The molecule has 0 amide bonds. The minimum atomic E-state index is -0.275. The highest BCUT2D eigenvalue weighted by atomic mass is 19.1. The van der Waals surface area contributed by atoms with Crippen LogP contribution < -0.4 is 5.73 Å². The number of rotatable bonds is 2. The fourth-order valence-electron chi connectivity index (χ4n) is 2.30. The lowest BCUT2D eigenvalue weighted by atomic mass is 10.2. The molecule has 2 aromatic heterocycles. The van der Waals surface area contributed by atoms with Crippen molar-refractivity contribution in [1.82, 2.24) is 9.55 Å². The van der Waals surface area contributed by atoms with E-state index in [-0.39, 0.29) is 11.9 Å². The Morgan fingerprint density at radius 2 is 2.21 bits per heavy atom. The van der Waals surface area contributed by atoms with E-state index in [2.05, 4.69) is 4.98 Å². The van der Waals surface area contributed by atoms with E-state index in [1.54, 1.807) is 19.3 Å². The zero-order valence-electron chi connectivity index (χ0n) is 10.7. The molecule has 0 aliphatic rings. The highest BCUT2D eigenvalue weighted by molar-refractivity contribution is 5.79. The third-order valence-corrected chi connectivity index (χ3v) is 3.34. The molecule has 3 aromatic rings. The predicted octanol–water partition coefficient (Wildman–Crippen LogP) is 3.27. The van der Waals surface area contributed by atoms with E-state index < -0.39 is 0 Å². The number of hydrogen-bond acceptors (Lipinski definition) is 3. The maximum atomic E-state index is 13.6. The Balaban J connectivity index is 2.23. The molecule has 2 heterocycles. The van der Waals surface area contributed by atoms with Crippen LogP contribution in [-0.2, 0) is 0 Å². The summed E-state index contributed by atoms with van der Waals surface area (Å²) >= 11 is 0. The van der Waals surface area contributed by atoms with Crippen LogP contribution in [-0.4, -0.2) is 9.55 Å². The SMILES string of the molecule is Cc1cc2c(cc1F)nc(N)n2C(C)c1ccco1. The smallest absolute Gasteiger partial charge is 0.201 e. The third-order valence-electron chi connectivity index (χ3n) is 3.34. The summed E-state index contributed by atoms with van der Waals surface area (Å²) in [6.07, 6.45) is 1.62. The maximum absolute atomic E-state index is 13.6. The zero-order valence-corrected chi connectivity index (χ0v) is 10.7. The average Bonchev–Trinajstić information content (AvgIpc) is 2.97. The number of anilines is 1. The number of nitrogen functional groups attached to an aromatic ring is 1. The van der Waals surface area contributed by atoms with Crippen molar-refractivity contribution in [2.45, 2.75) is 19.9 Å². The van der Waals surface area contributed by atoms with E-state index in [1.807, 2.05) is 23.6 Å². The molecule has 0 saturated carbocycles. The first kappa shape index (κ1) is 11.8. The van der Waals surface area contributed by atoms with Crippen LogP contribution in [0.15, 0.2) is 34.9 Å². The highest BCUT2D eigenvalue weighted by Crippen LogP contribution is 2.28. The molecule has 5 heteroatoms. The second kappa shape index (κ2) is 4.12. The van der Waals surface area contributed by atoms with Gasteiger partial charge in [0.1, 0.15) is 11.6 Å². The van der Waals surface area contributed by atoms with Crippen molar-refractivity contribution in [2.24, 2.45) is 0 Å². The normalized spacial score (nSPS) is 13.0. The molecule has 0 fully saturated rings. The molecule has 98 valence electrons. The summed E-state index contributed by atoms with van der Waals surface area (Å²) in [6.45, 7) is 3.69. The Morgan fingerprint density at radius 3 is 2.89 bits per heavy atom. The summed E-state index contributed by atoms with van der Waals surface area (Å²) < 4.78 is 20.8. The largest absolute Gasteiger partial charge is 0.467 e. The van der Waals surface area contributed by atoms with Gasteiger partial charge in [0.25, 0.3) is 0 Å². The number of furan rings is 1. The van der Waals surface area contributed by atoms with Gasteiger partial charge in [0.15, 0.2) is 0 Å². The Morgan fingerprint density at radius 1 is 1.42 bits per heavy atom. The third kappa shape index (κ3) is 1.78. The Kier molecular flexibility index (Phi) is 2.55. The van der Waals surface area contributed by atoms with Crippen LogP contribution in [0.25, 0.3) is 11.0 Å². The Labute approximate surface area is 109 Å². The lowest BCUT2D eigenvalue weighted by Gasteiger charge is -2.13. The standard InChI is InChI=1S/C14H14FN3O/c1-8-6-12-11(7-10(8)15)17-14(16)18(12)9(2)13-4-3-5-19-13/h3-7,9H,1-2H3,(H2,16,17). The molecule has 1 unspecified atom stereocenters. The fraction of sp³-hybridized carbons (Fsp3) is 0.214. The van der Waals surface area contributed by atoms with Crippen LogP contribution in [0.2, 0.25) is 0 Å². The zero-order chi connectivity index (χ0) is 13.6. The molecule has 19 heavy (non-hydrogen) atoms. The van der Waals surface area contributed by atoms with E-state index in [9.17, 15) is 4.39 Å². The number of fused-ring (bicyclic) bond motifs is 1. The van der Waals surface area contributed by atoms with Gasteiger partial charge >= 0.3 is 0 Å². The summed E-state index contributed by atoms with van der Waals surface area (Å²) in [5.41, 5.74) is 7.88. The second-order valence-corrected chi connectivity index (χ2v) is 4.62. The molecule has 4 nitrogen and oxygen atoms in total. The molecule has 0 spiro atoms. The van der Waals surface area contributed by atoms with Gasteiger partial charge in [-0.05, 0) is 37.6 Å². The number of imidazole rings is 1. The summed E-state index contributed by atoms with van der Waals surface area (Å²) in [5.74, 6) is 0.861. The molecule has 0 saturated heterocycles. The van der Waals surface area contributed by atoms with Crippen molar-refractivity contribution in [2.75, 3.05) is 5.73 Å². The molecule has 2 N–H and O–H groups in total. The first-order chi connectivity index (χ1) is 9.08. The number of benzene rings is 1. The summed E-state index contributed by atoms with van der Waals surface area (Å²) in [4.78, 5) is 4.21. The van der Waals surface area contributed by atoms with Gasteiger partial charge in [-0.15, -0.1) is 0 Å². The van der Waals surface area contributed by atoms with E-state index in [0.717, 1.165) is 11.3 Å². The van der Waals surface area contributed by atoms with Crippen LogP contribution in [0.1, 0.15) is 24.3 Å². The van der Waals surface area contributed by atoms with Crippen molar-refractivity contribution in [3.63, 3.8) is 0 Å². The van der Waals surface area contributed by atoms with Crippen molar-refractivity contribution >= 4 is 17.0 Å². The molecule has 0 bridgehead atoms. The van der Waals surface area contributed by atoms with E-state index in [0.29, 0.717) is 17.0 Å². The summed E-state index contributed by atoms with van der Waals surface area (Å²) in [6, 6.07) is 6.78. The van der Waals surface area contributed by atoms with E-state index in [4.69, 9.17) is 10.2 Å². The van der Waals surface area contributed by atoms with Crippen LogP contribution in [0, 0.1) is 12.7 Å². The van der Waals surface area contributed by atoms with Crippen LogP contribution >= 0.6 is 0 Å². The number of nitrogens with zero attached hydrogens (tertiary/aromatic N) is 2. The molecule has 0 aliphatic heterocycles. The molecular weight excluding hydrogens is 245 g/mol. The van der Waals surface area contributed by atoms with Gasteiger partial charge in [-0.1, -0.05) is 0 Å². The summed E-state index contributed by atoms with van der Waals surface area (Å²) in [5, 5.41) is 0. The lowest BCUT2D eigenvalue weighted by molar-refractivity contribution is 0.453. The quantitative estimate of drug-likeness (QED) is 0.768. The van der Waals surface area contributed by atoms with Gasteiger partial charge < -0.3 is 10.2 Å². The number of aromatic nitrogens is 2. The van der Waals surface area contributed by atoms with E-state index in [1.165, 1.54) is 6.07 Å². The second-order valence-electron chi connectivity index (χ2n) is 4.62. The molecule has 0 aliphatic carbocycles. The van der Waals surface area contributed by atoms with Crippen LogP contribution in [0.4, 0.5) is 10.3 Å². The number of halogens is 1. The first-order valence-corrected chi connectivity index (χ1v) is 6.05. The predicted molar refractivity (Wildman–Crippen MR) is 71.4 cm³/mol. The minimum Gasteiger partial charge on any atom is -0.467 e. The van der Waals surface area contributed by atoms with E-state index >= 15 is 0 Å². The molecule has 0 radical (unpaired) electrons. The Bertz CT molecular complexity index is 731. The molecule has 3 rings (SSSR count). The number of aryl methyl sites for hydroxylation is 1. The topological polar surface area (TPSA) is 57.0 Å². The summed E-state index contributed by atoms with van der Waals surface area (Å²) in [7, 11) is 0. The lowest BCUT2D eigenvalue weighted by Crippen LogP contribution is -2.09. The van der Waals surface area contributed by atoms with Crippen molar-refractivity contribution in [1.29, 1.82) is 0 Å². The monoisotopic (exact) mass is 259 g/mol. The van der Waals surface area contributed by atoms with Gasteiger partial charge in [0.2, 0.25) is 5.95 Å². The minimum absolute atomic E-state index is 0.0927. The number of hydrogen-bond donors (Lipinski definition) is 1. The van der Waals surface area contributed by atoms with Crippen molar-refractivity contribution in [3.05, 3.63) is 47.7 Å². The van der Waals surface area contributed by atoms with Gasteiger partial charge in [-0.25, -0.2) is 9.37 Å². The molecular formula is C14H14FN3O. The Hall–Kier alpha value is -2.30. The van der Waals surface area contributed by atoms with Crippen LogP contribution in [0.3, 0.4) is 0 Å². The number of nitrogens with two attached hydrogens (primary N) is 1. The molecule has 1 aromatic carbocycles. The van der Waals surface area contributed by atoms with Gasteiger partial charge in [-0.2, -0.15) is 0 Å². The van der Waals surface area contributed by atoms with Crippen molar-refractivity contribution in [3.8, 4) is 0 Å². The van der Waals surface area contributed by atoms with Gasteiger partial charge in [0.05, 0.1) is 23.3 Å². The van der Waals surface area contributed by atoms with Gasteiger partial charge in [-0.3, -0.25) is 4.57 Å². The van der Waals surface area contributed by atoms with Crippen LogP contribution in [0.5, 0.6) is 0 Å². The van der Waals surface area contributed by atoms with Gasteiger partial charge in [0, 0.05) is 6.07 Å². The molecule has 1 atom stereocenters. The first-order valence-electron chi connectivity index (χ1n) is 6.05.